The number of nitrogens with one attached hydrogen (secondary N) is 2. The van der Waals surface area contributed by atoms with Gasteiger partial charge in [-0.3, -0.25) is 4.99 Å². The summed E-state index contributed by atoms with van der Waals surface area (Å²) in [6, 6.07) is 7.36. The molecule has 1 heterocycles. The van der Waals surface area contributed by atoms with Gasteiger partial charge >= 0.3 is 0 Å². The van der Waals surface area contributed by atoms with Crippen molar-refractivity contribution in [1.29, 1.82) is 0 Å². The van der Waals surface area contributed by atoms with Crippen molar-refractivity contribution in [2.75, 3.05) is 53.5 Å². The SMILES string of the molecule is CCNC(=NCCN(C)CCCOC)NCCc1nc(-c2ccc(Cl)cc2)no1.I. The van der Waals surface area contributed by atoms with Gasteiger partial charge in [0.25, 0.3) is 0 Å². The van der Waals surface area contributed by atoms with Crippen molar-refractivity contribution in [3.8, 4) is 11.4 Å². The van der Waals surface area contributed by atoms with Crippen molar-refractivity contribution >= 4 is 41.5 Å². The first-order valence-corrected chi connectivity index (χ1v) is 10.3. The molecule has 0 unspecified atom stereocenters. The minimum atomic E-state index is 0. The van der Waals surface area contributed by atoms with Crippen LogP contribution in [0.1, 0.15) is 19.2 Å². The number of guanidine groups is 1. The number of aromatic nitrogens is 2. The van der Waals surface area contributed by atoms with Crippen LogP contribution >= 0.6 is 35.6 Å². The van der Waals surface area contributed by atoms with Gasteiger partial charge in [-0.2, -0.15) is 4.98 Å². The maximum atomic E-state index is 5.91. The van der Waals surface area contributed by atoms with E-state index >= 15 is 0 Å². The van der Waals surface area contributed by atoms with Gasteiger partial charge < -0.3 is 24.8 Å². The summed E-state index contributed by atoms with van der Waals surface area (Å²) in [7, 11) is 3.82. The van der Waals surface area contributed by atoms with Crippen LogP contribution in [0.15, 0.2) is 33.8 Å². The molecule has 0 atom stereocenters. The van der Waals surface area contributed by atoms with Crippen molar-refractivity contribution in [2.45, 2.75) is 19.8 Å². The number of benzene rings is 1. The molecule has 0 aliphatic carbocycles. The Kier molecular flexibility index (Phi) is 13.6. The summed E-state index contributed by atoms with van der Waals surface area (Å²) < 4.78 is 10.4. The second kappa shape index (κ2) is 15.4. The predicted molar refractivity (Wildman–Crippen MR) is 132 cm³/mol. The number of halogens is 2. The highest BCUT2D eigenvalue weighted by molar-refractivity contribution is 14.0. The second-order valence-electron chi connectivity index (χ2n) is 6.61. The van der Waals surface area contributed by atoms with Crippen LogP contribution < -0.4 is 10.6 Å². The molecule has 30 heavy (non-hydrogen) atoms. The summed E-state index contributed by atoms with van der Waals surface area (Å²) in [6.07, 6.45) is 1.64. The van der Waals surface area contributed by atoms with E-state index in [2.05, 4.69) is 37.7 Å². The minimum Gasteiger partial charge on any atom is -0.385 e. The van der Waals surface area contributed by atoms with E-state index in [4.69, 9.17) is 20.9 Å². The maximum absolute atomic E-state index is 5.91. The number of aliphatic imine (C=N–C) groups is 1. The highest BCUT2D eigenvalue weighted by Crippen LogP contribution is 2.18. The van der Waals surface area contributed by atoms with Gasteiger partial charge in [0.2, 0.25) is 11.7 Å². The fourth-order valence-electron chi connectivity index (χ4n) is 2.63. The summed E-state index contributed by atoms with van der Waals surface area (Å²) in [5, 5.41) is 11.3. The van der Waals surface area contributed by atoms with Crippen LogP contribution in [0.25, 0.3) is 11.4 Å². The van der Waals surface area contributed by atoms with E-state index in [1.807, 2.05) is 31.2 Å². The van der Waals surface area contributed by atoms with Gasteiger partial charge in [-0.05, 0) is 44.7 Å². The highest BCUT2D eigenvalue weighted by Gasteiger charge is 2.09. The van der Waals surface area contributed by atoms with Gasteiger partial charge in [0, 0.05) is 56.9 Å². The van der Waals surface area contributed by atoms with Crippen LogP contribution in [0.4, 0.5) is 0 Å². The quantitative estimate of drug-likeness (QED) is 0.182. The van der Waals surface area contributed by atoms with Crippen molar-refractivity contribution in [3.05, 3.63) is 35.2 Å². The average molecular weight is 551 g/mol. The Labute approximate surface area is 200 Å². The number of methoxy groups -OCH3 is 1. The highest BCUT2D eigenvalue weighted by atomic mass is 127. The third-order valence-electron chi connectivity index (χ3n) is 4.19. The molecule has 10 heteroatoms. The Morgan fingerprint density at radius 1 is 1.23 bits per heavy atom. The topological polar surface area (TPSA) is 87.8 Å². The molecule has 0 radical (unpaired) electrons. The lowest BCUT2D eigenvalue weighted by atomic mass is 10.2. The molecule has 0 aliphatic heterocycles. The zero-order chi connectivity index (χ0) is 20.9. The molecule has 1 aromatic carbocycles. The number of hydrogen-bond acceptors (Lipinski definition) is 6. The molecule has 2 rings (SSSR count). The lowest BCUT2D eigenvalue weighted by Crippen LogP contribution is -2.39. The van der Waals surface area contributed by atoms with Gasteiger partial charge in [0.1, 0.15) is 0 Å². The second-order valence-corrected chi connectivity index (χ2v) is 7.04. The molecule has 168 valence electrons. The number of ether oxygens (including phenoxy) is 1. The van der Waals surface area contributed by atoms with Crippen LogP contribution in [-0.2, 0) is 11.2 Å². The molecular formula is C20H32ClIN6O2. The lowest BCUT2D eigenvalue weighted by Gasteiger charge is -2.16. The van der Waals surface area contributed by atoms with E-state index in [0.717, 1.165) is 50.7 Å². The number of hydrogen-bond donors (Lipinski definition) is 2. The monoisotopic (exact) mass is 550 g/mol. The summed E-state index contributed by atoms with van der Waals surface area (Å²) in [6.45, 7) is 6.90. The Morgan fingerprint density at radius 3 is 2.70 bits per heavy atom. The maximum Gasteiger partial charge on any atom is 0.228 e. The van der Waals surface area contributed by atoms with Crippen molar-refractivity contribution in [1.82, 2.24) is 25.7 Å². The van der Waals surface area contributed by atoms with Crippen molar-refractivity contribution in [2.24, 2.45) is 4.99 Å². The first kappa shape index (κ1) is 26.6. The lowest BCUT2D eigenvalue weighted by molar-refractivity contribution is 0.180. The van der Waals surface area contributed by atoms with Gasteiger partial charge in [-0.25, -0.2) is 0 Å². The summed E-state index contributed by atoms with van der Waals surface area (Å²) in [5.74, 6) is 1.93. The van der Waals surface area contributed by atoms with Crippen LogP contribution in [0.3, 0.4) is 0 Å². The molecule has 0 aliphatic rings. The van der Waals surface area contributed by atoms with E-state index in [1.54, 1.807) is 7.11 Å². The van der Waals surface area contributed by atoms with Crippen LogP contribution in [-0.4, -0.2) is 74.5 Å². The van der Waals surface area contributed by atoms with Crippen molar-refractivity contribution in [3.63, 3.8) is 0 Å². The van der Waals surface area contributed by atoms with Crippen LogP contribution in [0, 0.1) is 0 Å². The summed E-state index contributed by atoms with van der Waals surface area (Å²) in [5.41, 5.74) is 0.877. The van der Waals surface area contributed by atoms with E-state index in [-0.39, 0.29) is 24.0 Å². The van der Waals surface area contributed by atoms with E-state index in [1.165, 1.54) is 0 Å². The molecule has 0 saturated carbocycles. The Hall–Kier alpha value is -1.43. The van der Waals surface area contributed by atoms with Crippen LogP contribution in [0.5, 0.6) is 0 Å². The van der Waals surface area contributed by atoms with Gasteiger partial charge in [-0.15, -0.1) is 24.0 Å². The van der Waals surface area contributed by atoms with Crippen molar-refractivity contribution < 1.29 is 9.26 Å². The third-order valence-corrected chi connectivity index (χ3v) is 4.44. The molecule has 2 aromatic rings. The molecule has 2 N–H and O–H groups in total. The smallest absolute Gasteiger partial charge is 0.228 e. The average Bonchev–Trinajstić information content (AvgIpc) is 3.17. The molecule has 0 saturated heterocycles. The molecule has 0 spiro atoms. The third kappa shape index (κ3) is 10.1. The molecule has 0 bridgehead atoms. The summed E-state index contributed by atoms with van der Waals surface area (Å²) in [4.78, 5) is 11.3. The zero-order valence-corrected chi connectivity index (χ0v) is 20.9. The number of likely N-dealkylation sites (N-methyl/N-ethyl adjacent to an activating group) is 1. The largest absolute Gasteiger partial charge is 0.385 e. The normalized spacial score (nSPS) is 11.4. The zero-order valence-electron chi connectivity index (χ0n) is 17.9. The van der Waals surface area contributed by atoms with Gasteiger partial charge in [-0.1, -0.05) is 16.8 Å². The fourth-order valence-corrected chi connectivity index (χ4v) is 2.75. The first-order valence-electron chi connectivity index (χ1n) is 9.90. The molecule has 0 fully saturated rings. The Balaban J connectivity index is 0.00000450. The molecule has 8 nitrogen and oxygen atoms in total. The number of rotatable bonds is 12. The standard InChI is InChI=1S/C20H31ClN6O2.HI/c1-4-22-20(24-12-14-27(2)13-5-15-28-3)23-11-10-18-25-19(26-29-18)16-6-8-17(21)9-7-16;/h6-9H,4-5,10-15H2,1-3H3,(H2,22,23,24);1H. The van der Waals surface area contributed by atoms with Gasteiger partial charge in [0.05, 0.1) is 6.54 Å². The first-order chi connectivity index (χ1) is 14.1. The van der Waals surface area contributed by atoms with E-state index < -0.39 is 0 Å². The fraction of sp³-hybridized carbons (Fsp3) is 0.550. The summed E-state index contributed by atoms with van der Waals surface area (Å²) >= 11 is 5.91. The Bertz CT molecular complexity index is 741. The van der Waals surface area contributed by atoms with E-state index in [0.29, 0.717) is 29.7 Å². The van der Waals surface area contributed by atoms with Gasteiger partial charge in [0.15, 0.2) is 5.96 Å². The Morgan fingerprint density at radius 2 is 2.00 bits per heavy atom. The van der Waals surface area contributed by atoms with E-state index in [9.17, 15) is 0 Å². The number of nitrogens with zero attached hydrogens (tertiary/aromatic N) is 4. The van der Waals surface area contributed by atoms with Crippen LogP contribution in [0.2, 0.25) is 5.02 Å². The predicted octanol–water partition coefficient (Wildman–Crippen LogP) is 3.07. The minimum absolute atomic E-state index is 0. The molecule has 0 amide bonds. The molecular weight excluding hydrogens is 519 g/mol. The molecule has 1 aromatic heterocycles.